The molecule has 2 bridgehead atoms. The van der Waals surface area contributed by atoms with Crippen molar-refractivity contribution in [3.63, 3.8) is 0 Å². The molecule has 8 heteroatoms. The highest BCUT2D eigenvalue weighted by Crippen LogP contribution is 2.35. The molecule has 6 nitrogen and oxygen atoms in total. The third-order valence-corrected chi connectivity index (χ3v) is 8.05. The first kappa shape index (κ1) is 20.8. The second kappa shape index (κ2) is 8.36. The van der Waals surface area contributed by atoms with E-state index in [1.807, 2.05) is 0 Å². The van der Waals surface area contributed by atoms with Crippen LogP contribution in [-0.4, -0.2) is 47.1 Å². The molecule has 0 saturated carbocycles. The number of amides is 1. The third kappa shape index (κ3) is 3.97. The number of rotatable bonds is 3. The van der Waals surface area contributed by atoms with Gasteiger partial charge in [-0.15, -0.1) is 23.7 Å². The summed E-state index contributed by atoms with van der Waals surface area (Å²) in [4.78, 5) is 26.6. The van der Waals surface area contributed by atoms with E-state index in [4.69, 9.17) is 0 Å². The van der Waals surface area contributed by atoms with Gasteiger partial charge in [-0.1, -0.05) is 0 Å². The van der Waals surface area contributed by atoms with Gasteiger partial charge in [0.2, 0.25) is 5.91 Å². The van der Waals surface area contributed by atoms with Gasteiger partial charge < -0.3 is 15.5 Å². The molecule has 158 valence electrons. The van der Waals surface area contributed by atoms with Gasteiger partial charge in [0, 0.05) is 42.0 Å². The van der Waals surface area contributed by atoms with Crippen LogP contribution in [0.25, 0.3) is 10.2 Å². The molecule has 2 unspecified atom stereocenters. The van der Waals surface area contributed by atoms with Gasteiger partial charge in [0.1, 0.15) is 17.0 Å². The smallest absolute Gasteiger partial charge is 0.223 e. The maximum absolute atomic E-state index is 12.8. The number of hydrogen-bond donors (Lipinski definition) is 2. The molecular formula is C21H30ClN5OS. The van der Waals surface area contributed by atoms with Crippen molar-refractivity contribution in [3.05, 3.63) is 16.8 Å². The van der Waals surface area contributed by atoms with Gasteiger partial charge in [-0.3, -0.25) is 4.79 Å². The Morgan fingerprint density at radius 3 is 2.52 bits per heavy atom. The van der Waals surface area contributed by atoms with E-state index >= 15 is 0 Å². The van der Waals surface area contributed by atoms with Crippen LogP contribution in [-0.2, 0) is 4.79 Å². The number of carbonyl (C=O) groups is 1. The van der Waals surface area contributed by atoms with Gasteiger partial charge in [-0.25, -0.2) is 9.97 Å². The Balaban J connectivity index is 0.00000205. The van der Waals surface area contributed by atoms with Crippen molar-refractivity contribution in [2.45, 2.75) is 70.5 Å². The standard InChI is InChI=1S/C21H29N5OS.ClH/c1-12-13(2)28-21-18(12)19(22-11-23-21)26-7-5-14(6-8-26)20(27)25-17-9-15-3-4-16(10-17)24-15;/h11,14-17,24H,3-10H2,1-2H3,(H,25,27);1H. The van der Waals surface area contributed by atoms with E-state index in [0.717, 1.165) is 49.4 Å². The van der Waals surface area contributed by atoms with Crippen molar-refractivity contribution < 1.29 is 4.79 Å². The Labute approximate surface area is 182 Å². The number of aryl methyl sites for hydroxylation is 2. The third-order valence-electron chi connectivity index (χ3n) is 6.93. The van der Waals surface area contributed by atoms with E-state index in [9.17, 15) is 4.79 Å². The summed E-state index contributed by atoms with van der Waals surface area (Å²) in [6.07, 6.45) is 8.20. The van der Waals surface area contributed by atoms with Crippen LogP contribution in [0.15, 0.2) is 6.33 Å². The normalized spacial score (nSPS) is 27.1. The lowest BCUT2D eigenvalue weighted by molar-refractivity contribution is -0.126. The Bertz CT molecular complexity index is 883. The minimum Gasteiger partial charge on any atom is -0.356 e. The largest absolute Gasteiger partial charge is 0.356 e. The molecule has 3 saturated heterocycles. The van der Waals surface area contributed by atoms with Crippen LogP contribution >= 0.6 is 23.7 Å². The molecule has 2 atom stereocenters. The molecule has 1 amide bonds. The molecule has 3 aliphatic rings. The van der Waals surface area contributed by atoms with E-state index in [1.165, 1.54) is 28.7 Å². The van der Waals surface area contributed by atoms with Gasteiger partial charge >= 0.3 is 0 Å². The minimum absolute atomic E-state index is 0. The predicted molar refractivity (Wildman–Crippen MR) is 120 cm³/mol. The van der Waals surface area contributed by atoms with Crippen molar-refractivity contribution in [2.24, 2.45) is 5.92 Å². The number of anilines is 1. The van der Waals surface area contributed by atoms with Crippen LogP contribution < -0.4 is 15.5 Å². The highest BCUT2D eigenvalue weighted by Gasteiger charge is 2.35. The molecule has 0 spiro atoms. The highest BCUT2D eigenvalue weighted by molar-refractivity contribution is 7.18. The number of hydrogen-bond acceptors (Lipinski definition) is 6. The lowest BCUT2D eigenvalue weighted by Gasteiger charge is -2.35. The fourth-order valence-corrected chi connectivity index (χ4v) is 6.24. The van der Waals surface area contributed by atoms with Crippen LogP contribution in [0, 0.1) is 19.8 Å². The summed E-state index contributed by atoms with van der Waals surface area (Å²) in [5.74, 6) is 1.44. The summed E-state index contributed by atoms with van der Waals surface area (Å²) in [5.41, 5.74) is 1.29. The Kier molecular flexibility index (Phi) is 6.00. The van der Waals surface area contributed by atoms with Crippen LogP contribution in [0.5, 0.6) is 0 Å². The second-order valence-corrected chi connectivity index (χ2v) is 9.94. The first-order chi connectivity index (χ1) is 13.6. The SMILES string of the molecule is Cc1sc2ncnc(N3CCC(C(=O)NC4CC5CCC(C4)N5)CC3)c2c1C.Cl. The maximum atomic E-state index is 12.8. The van der Waals surface area contributed by atoms with Crippen LogP contribution in [0.1, 0.15) is 49.0 Å². The molecule has 0 aromatic carbocycles. The lowest BCUT2D eigenvalue weighted by Crippen LogP contribution is -2.50. The monoisotopic (exact) mass is 435 g/mol. The predicted octanol–water partition coefficient (Wildman–Crippen LogP) is 3.35. The van der Waals surface area contributed by atoms with Crippen molar-refractivity contribution >= 4 is 45.7 Å². The summed E-state index contributed by atoms with van der Waals surface area (Å²) < 4.78 is 0. The molecule has 3 aliphatic heterocycles. The number of fused-ring (bicyclic) bond motifs is 3. The number of nitrogens with one attached hydrogen (secondary N) is 2. The molecule has 0 radical (unpaired) electrons. The number of thiophene rings is 1. The van der Waals surface area contributed by atoms with Crippen molar-refractivity contribution in [2.75, 3.05) is 18.0 Å². The van der Waals surface area contributed by atoms with Crippen LogP contribution in [0.3, 0.4) is 0 Å². The van der Waals surface area contributed by atoms with E-state index < -0.39 is 0 Å². The average molecular weight is 436 g/mol. The van der Waals surface area contributed by atoms with Gasteiger partial charge in [0.25, 0.3) is 0 Å². The number of nitrogens with zero attached hydrogens (tertiary/aromatic N) is 3. The zero-order valence-electron chi connectivity index (χ0n) is 17.1. The Morgan fingerprint density at radius 2 is 1.83 bits per heavy atom. The maximum Gasteiger partial charge on any atom is 0.223 e. The first-order valence-electron chi connectivity index (χ1n) is 10.6. The summed E-state index contributed by atoms with van der Waals surface area (Å²) in [6.45, 7) is 6.08. The number of halogens is 1. The second-order valence-electron chi connectivity index (χ2n) is 8.74. The quantitative estimate of drug-likeness (QED) is 0.773. The van der Waals surface area contributed by atoms with E-state index in [2.05, 4.69) is 39.3 Å². The van der Waals surface area contributed by atoms with E-state index in [0.29, 0.717) is 18.1 Å². The summed E-state index contributed by atoms with van der Waals surface area (Å²) in [6, 6.07) is 1.59. The molecule has 2 aromatic rings. The molecule has 3 fully saturated rings. The fourth-order valence-electron chi connectivity index (χ4n) is 5.25. The van der Waals surface area contributed by atoms with Crippen LogP contribution in [0.2, 0.25) is 0 Å². The van der Waals surface area contributed by atoms with Gasteiger partial charge in [0.05, 0.1) is 5.39 Å². The number of carbonyl (C=O) groups excluding carboxylic acids is 1. The van der Waals surface area contributed by atoms with Crippen LogP contribution in [0.4, 0.5) is 5.82 Å². The number of piperidine rings is 2. The summed E-state index contributed by atoms with van der Waals surface area (Å²) in [7, 11) is 0. The molecular weight excluding hydrogens is 406 g/mol. The zero-order chi connectivity index (χ0) is 19.3. The van der Waals surface area contributed by atoms with Gasteiger partial charge in [-0.2, -0.15) is 0 Å². The topological polar surface area (TPSA) is 70.2 Å². The molecule has 29 heavy (non-hydrogen) atoms. The summed E-state index contributed by atoms with van der Waals surface area (Å²) in [5, 5.41) is 8.21. The number of aromatic nitrogens is 2. The fraction of sp³-hybridized carbons (Fsp3) is 0.667. The molecule has 5 heterocycles. The van der Waals surface area contributed by atoms with Gasteiger partial charge in [0.15, 0.2) is 0 Å². The Morgan fingerprint density at radius 1 is 1.14 bits per heavy atom. The van der Waals surface area contributed by atoms with E-state index in [1.54, 1.807) is 17.7 Å². The molecule has 2 aromatic heterocycles. The highest BCUT2D eigenvalue weighted by atomic mass is 35.5. The van der Waals surface area contributed by atoms with Gasteiger partial charge in [-0.05, 0) is 57.9 Å². The Hall–Kier alpha value is -1.44. The van der Waals surface area contributed by atoms with Crippen molar-refractivity contribution in [1.82, 2.24) is 20.6 Å². The average Bonchev–Trinajstić information content (AvgIpc) is 3.20. The zero-order valence-corrected chi connectivity index (χ0v) is 18.7. The molecule has 0 aliphatic carbocycles. The first-order valence-corrected chi connectivity index (χ1v) is 11.4. The molecule has 2 N–H and O–H groups in total. The summed E-state index contributed by atoms with van der Waals surface area (Å²) >= 11 is 1.74. The van der Waals surface area contributed by atoms with Crippen molar-refractivity contribution in [1.29, 1.82) is 0 Å². The minimum atomic E-state index is 0. The molecule has 5 rings (SSSR count). The van der Waals surface area contributed by atoms with Crippen molar-refractivity contribution in [3.8, 4) is 0 Å². The lowest BCUT2D eigenvalue weighted by atomic mass is 9.93. The van der Waals surface area contributed by atoms with E-state index in [-0.39, 0.29) is 24.2 Å².